The number of para-hydroxylation sites is 1. The molecule has 94 valence electrons. The number of fused-ring (bicyclic) bond motifs is 1. The zero-order valence-corrected chi connectivity index (χ0v) is 10.2. The first-order valence-electron chi connectivity index (χ1n) is 6.31. The maximum atomic E-state index is 12.6. The quantitative estimate of drug-likeness (QED) is 0.732. The third-order valence-corrected chi connectivity index (χ3v) is 3.75. The lowest BCUT2D eigenvalue weighted by Crippen LogP contribution is -2.37. The van der Waals surface area contributed by atoms with Crippen molar-refractivity contribution < 1.29 is 14.3 Å². The standard InChI is InChI=1S/C16H12O3/c17-14-12-8-4-5-9-13(12)18-10-16(14)15(19-16)11-6-2-1-3-7-11/h1-9,15H,10H2/t15-,16+/m1/s1. The Morgan fingerprint density at radius 1 is 1.00 bits per heavy atom. The van der Waals surface area contributed by atoms with Gasteiger partial charge in [-0.25, -0.2) is 0 Å². The van der Waals surface area contributed by atoms with Gasteiger partial charge in [0.15, 0.2) is 5.60 Å². The van der Waals surface area contributed by atoms with Gasteiger partial charge >= 0.3 is 0 Å². The highest BCUT2D eigenvalue weighted by Crippen LogP contribution is 2.54. The summed E-state index contributed by atoms with van der Waals surface area (Å²) in [6, 6.07) is 17.1. The Morgan fingerprint density at radius 2 is 1.74 bits per heavy atom. The van der Waals surface area contributed by atoms with Gasteiger partial charge in [-0.05, 0) is 17.7 Å². The van der Waals surface area contributed by atoms with Gasteiger partial charge in [0.05, 0.1) is 5.56 Å². The summed E-state index contributed by atoms with van der Waals surface area (Å²) < 4.78 is 11.4. The van der Waals surface area contributed by atoms with Crippen LogP contribution in [0.25, 0.3) is 0 Å². The van der Waals surface area contributed by atoms with E-state index in [2.05, 4.69) is 0 Å². The molecule has 1 saturated heterocycles. The van der Waals surface area contributed by atoms with Gasteiger partial charge in [-0.3, -0.25) is 4.79 Å². The van der Waals surface area contributed by atoms with Crippen molar-refractivity contribution >= 4 is 5.78 Å². The van der Waals surface area contributed by atoms with E-state index in [-0.39, 0.29) is 11.9 Å². The van der Waals surface area contributed by atoms with E-state index < -0.39 is 5.60 Å². The predicted octanol–water partition coefficient (Wildman–Crippen LogP) is 2.77. The first-order chi connectivity index (χ1) is 9.31. The Labute approximate surface area is 110 Å². The summed E-state index contributed by atoms with van der Waals surface area (Å²) in [5.41, 5.74) is 0.835. The van der Waals surface area contributed by atoms with Gasteiger partial charge in [-0.2, -0.15) is 0 Å². The number of hydrogen-bond donors (Lipinski definition) is 0. The van der Waals surface area contributed by atoms with Crippen molar-refractivity contribution in [3.63, 3.8) is 0 Å². The molecule has 0 radical (unpaired) electrons. The van der Waals surface area contributed by atoms with Crippen molar-refractivity contribution in [2.75, 3.05) is 6.61 Å². The van der Waals surface area contributed by atoms with Crippen LogP contribution in [0, 0.1) is 0 Å². The first-order valence-corrected chi connectivity index (χ1v) is 6.31. The van der Waals surface area contributed by atoms with Crippen LogP contribution >= 0.6 is 0 Å². The van der Waals surface area contributed by atoms with Gasteiger partial charge in [0.25, 0.3) is 0 Å². The first kappa shape index (κ1) is 10.8. The molecule has 2 aliphatic rings. The van der Waals surface area contributed by atoms with E-state index in [1.165, 1.54) is 0 Å². The van der Waals surface area contributed by atoms with Crippen LogP contribution in [0.3, 0.4) is 0 Å². The van der Waals surface area contributed by atoms with Crippen LogP contribution in [0.1, 0.15) is 22.0 Å². The van der Waals surface area contributed by atoms with Crippen LogP contribution < -0.4 is 4.74 Å². The Morgan fingerprint density at radius 3 is 2.58 bits per heavy atom. The van der Waals surface area contributed by atoms with E-state index in [0.717, 1.165) is 5.56 Å². The van der Waals surface area contributed by atoms with Crippen molar-refractivity contribution in [1.29, 1.82) is 0 Å². The van der Waals surface area contributed by atoms with Crippen LogP contribution in [0.15, 0.2) is 54.6 Å². The second-order valence-electron chi connectivity index (χ2n) is 4.91. The molecule has 2 atom stereocenters. The Balaban J connectivity index is 1.71. The fourth-order valence-corrected chi connectivity index (χ4v) is 2.68. The Kier molecular flexibility index (Phi) is 2.09. The molecule has 0 aromatic heterocycles. The molecule has 3 nitrogen and oxygen atoms in total. The van der Waals surface area contributed by atoms with Crippen LogP contribution in [-0.2, 0) is 4.74 Å². The number of carbonyl (C=O) groups excluding carboxylic acids is 1. The molecule has 4 rings (SSSR count). The fourth-order valence-electron chi connectivity index (χ4n) is 2.68. The van der Waals surface area contributed by atoms with Crippen molar-refractivity contribution in [1.82, 2.24) is 0 Å². The summed E-state index contributed by atoms with van der Waals surface area (Å²) in [5.74, 6) is 0.684. The highest BCUT2D eigenvalue weighted by atomic mass is 16.6. The van der Waals surface area contributed by atoms with Crippen molar-refractivity contribution in [3.05, 3.63) is 65.7 Å². The second-order valence-corrected chi connectivity index (χ2v) is 4.91. The summed E-state index contributed by atoms with van der Waals surface area (Å²) >= 11 is 0. The van der Waals surface area contributed by atoms with Crippen molar-refractivity contribution in [2.45, 2.75) is 11.7 Å². The average Bonchev–Trinajstić information content (AvgIpc) is 3.20. The number of hydrogen-bond acceptors (Lipinski definition) is 3. The molecule has 2 aromatic rings. The maximum absolute atomic E-state index is 12.6. The minimum Gasteiger partial charge on any atom is -0.489 e. The molecule has 0 bridgehead atoms. The summed E-state index contributed by atoms with van der Waals surface area (Å²) in [4.78, 5) is 12.6. The molecule has 2 aromatic carbocycles. The SMILES string of the molecule is O=C1c2ccccc2OC[C@]12O[C@@H]2c1ccccc1. The van der Waals surface area contributed by atoms with E-state index in [9.17, 15) is 4.79 Å². The molecule has 2 aliphatic heterocycles. The van der Waals surface area contributed by atoms with Gasteiger partial charge < -0.3 is 9.47 Å². The molecule has 19 heavy (non-hydrogen) atoms. The summed E-state index contributed by atoms with van der Waals surface area (Å²) in [6.45, 7) is 0.294. The van der Waals surface area contributed by atoms with Crippen molar-refractivity contribution in [2.24, 2.45) is 0 Å². The zero-order valence-electron chi connectivity index (χ0n) is 10.2. The molecule has 2 heterocycles. The van der Waals surface area contributed by atoms with Crippen molar-refractivity contribution in [3.8, 4) is 5.75 Å². The third kappa shape index (κ3) is 1.45. The van der Waals surface area contributed by atoms with Gasteiger partial charge in [0.1, 0.15) is 18.5 Å². The molecule has 3 heteroatoms. The maximum Gasteiger partial charge on any atom is 0.205 e. The number of rotatable bonds is 1. The molecular formula is C16H12O3. The molecule has 1 fully saturated rings. The lowest BCUT2D eigenvalue weighted by atomic mass is 9.89. The van der Waals surface area contributed by atoms with Gasteiger partial charge in [0, 0.05) is 0 Å². The molecule has 1 spiro atoms. The van der Waals surface area contributed by atoms with Crippen LogP contribution in [0.2, 0.25) is 0 Å². The minimum atomic E-state index is -0.810. The molecule has 0 aliphatic carbocycles. The van der Waals surface area contributed by atoms with Crippen LogP contribution in [0.4, 0.5) is 0 Å². The number of epoxide rings is 1. The monoisotopic (exact) mass is 252 g/mol. The van der Waals surface area contributed by atoms with Crippen LogP contribution in [0.5, 0.6) is 5.75 Å². The Bertz CT molecular complexity index is 650. The fraction of sp³-hybridized carbons (Fsp3) is 0.188. The highest BCUT2D eigenvalue weighted by molar-refractivity contribution is 6.07. The lowest BCUT2D eigenvalue weighted by Gasteiger charge is -2.21. The molecule has 0 N–H and O–H groups in total. The normalized spacial score (nSPS) is 27.8. The molecular weight excluding hydrogens is 240 g/mol. The van der Waals surface area contributed by atoms with E-state index >= 15 is 0 Å². The molecule has 0 amide bonds. The summed E-state index contributed by atoms with van der Waals surface area (Å²) in [5, 5.41) is 0. The number of carbonyl (C=O) groups is 1. The largest absolute Gasteiger partial charge is 0.489 e. The molecule has 0 unspecified atom stereocenters. The smallest absolute Gasteiger partial charge is 0.205 e. The Hall–Kier alpha value is -2.13. The minimum absolute atomic E-state index is 0.0307. The van der Waals surface area contributed by atoms with E-state index in [1.54, 1.807) is 6.07 Å². The average molecular weight is 252 g/mol. The summed E-state index contributed by atoms with van der Waals surface area (Å²) in [6.07, 6.45) is -0.186. The van der Waals surface area contributed by atoms with E-state index in [0.29, 0.717) is 17.9 Å². The highest BCUT2D eigenvalue weighted by Gasteiger charge is 2.65. The van der Waals surface area contributed by atoms with Gasteiger partial charge in [-0.1, -0.05) is 42.5 Å². The number of ketones is 1. The topological polar surface area (TPSA) is 38.8 Å². The van der Waals surface area contributed by atoms with E-state index in [4.69, 9.17) is 9.47 Å². The van der Waals surface area contributed by atoms with Gasteiger partial charge in [0.2, 0.25) is 5.78 Å². The number of Topliss-reactive ketones (excluding diaryl/α,β-unsaturated/α-hetero) is 1. The molecule has 0 saturated carbocycles. The number of ether oxygens (including phenoxy) is 2. The summed E-state index contributed by atoms with van der Waals surface area (Å²) in [7, 11) is 0. The lowest BCUT2D eigenvalue weighted by molar-refractivity contribution is 0.0755. The predicted molar refractivity (Wildman–Crippen MR) is 69.3 cm³/mol. The number of benzene rings is 2. The van der Waals surface area contributed by atoms with E-state index in [1.807, 2.05) is 48.5 Å². The zero-order chi connectivity index (χ0) is 12.9. The second kappa shape index (κ2) is 3.68. The third-order valence-electron chi connectivity index (χ3n) is 3.75. The van der Waals surface area contributed by atoms with Crippen LogP contribution in [-0.4, -0.2) is 18.0 Å². The van der Waals surface area contributed by atoms with Gasteiger partial charge in [-0.15, -0.1) is 0 Å².